The average Bonchev–Trinajstić information content (AvgIpc) is 2.94. The Balaban J connectivity index is 1.70. The fourth-order valence-corrected chi connectivity index (χ4v) is 4.57. The van der Waals surface area contributed by atoms with E-state index in [0.29, 0.717) is 16.7 Å². The summed E-state index contributed by atoms with van der Waals surface area (Å²) in [4.78, 5) is 4.67. The number of benzene rings is 3. The van der Waals surface area contributed by atoms with Crippen molar-refractivity contribution in [3.8, 4) is 22.9 Å². The van der Waals surface area contributed by atoms with Gasteiger partial charge in [0.1, 0.15) is 5.75 Å². The van der Waals surface area contributed by atoms with Crippen molar-refractivity contribution < 1.29 is 9.47 Å². The molecule has 1 N–H and O–H groups in total. The topological polar surface area (TPSA) is 69.2 Å². The van der Waals surface area contributed by atoms with Crippen molar-refractivity contribution in [2.75, 3.05) is 18.2 Å². The van der Waals surface area contributed by atoms with Gasteiger partial charge in [-0.05, 0) is 41.5 Å². The van der Waals surface area contributed by atoms with Crippen LogP contribution in [0.5, 0.6) is 11.6 Å². The van der Waals surface area contributed by atoms with Gasteiger partial charge in [-0.15, -0.1) is 10.2 Å². The van der Waals surface area contributed by atoms with Gasteiger partial charge in [-0.1, -0.05) is 58.9 Å². The van der Waals surface area contributed by atoms with Crippen LogP contribution in [-0.4, -0.2) is 28.0 Å². The molecular weight excluding hydrogens is 476 g/mol. The molecule has 1 aromatic heterocycles. The Kier molecular flexibility index (Phi) is 5.41. The van der Waals surface area contributed by atoms with Gasteiger partial charge in [0.15, 0.2) is 11.9 Å². The predicted molar refractivity (Wildman–Crippen MR) is 127 cm³/mol. The van der Waals surface area contributed by atoms with E-state index in [1.807, 2.05) is 48.5 Å². The zero-order valence-electron chi connectivity index (χ0n) is 16.9. The Morgan fingerprint density at radius 2 is 1.94 bits per heavy atom. The second-order valence-corrected chi connectivity index (χ2v) is 9.06. The molecule has 1 atom stereocenters. The van der Waals surface area contributed by atoms with E-state index in [-0.39, 0.29) is 0 Å². The summed E-state index contributed by atoms with van der Waals surface area (Å²) in [6.45, 7) is 2.06. The van der Waals surface area contributed by atoms with E-state index in [1.54, 1.807) is 7.11 Å². The average molecular weight is 495 g/mol. The van der Waals surface area contributed by atoms with Crippen molar-refractivity contribution >= 4 is 44.2 Å². The second-order valence-electron chi connectivity index (χ2n) is 6.92. The maximum absolute atomic E-state index is 6.44. The lowest BCUT2D eigenvalue weighted by atomic mass is 10.0. The van der Waals surface area contributed by atoms with E-state index < -0.39 is 6.23 Å². The molecule has 6 nitrogen and oxygen atoms in total. The molecule has 0 spiro atoms. The Labute approximate surface area is 192 Å². The molecule has 1 aliphatic rings. The number of ether oxygens (including phenoxy) is 2. The molecule has 156 valence electrons. The van der Waals surface area contributed by atoms with Crippen molar-refractivity contribution in [2.24, 2.45) is 0 Å². The van der Waals surface area contributed by atoms with Crippen molar-refractivity contribution in [2.45, 2.75) is 18.3 Å². The summed E-state index contributed by atoms with van der Waals surface area (Å²) >= 11 is 5.09. The molecule has 0 bridgehead atoms. The molecule has 1 aliphatic heterocycles. The molecule has 5 rings (SSSR count). The fourth-order valence-electron chi connectivity index (χ4n) is 3.70. The maximum Gasteiger partial charge on any atom is 0.247 e. The third kappa shape index (κ3) is 3.70. The summed E-state index contributed by atoms with van der Waals surface area (Å²) in [6.07, 6.45) is -0.465. The summed E-state index contributed by atoms with van der Waals surface area (Å²) in [5, 5.41) is 14.9. The summed E-state index contributed by atoms with van der Waals surface area (Å²) in [7, 11) is 1.68. The number of nitrogens with one attached hydrogen (secondary N) is 1. The quantitative estimate of drug-likeness (QED) is 0.344. The van der Waals surface area contributed by atoms with E-state index in [4.69, 9.17) is 9.47 Å². The Morgan fingerprint density at radius 3 is 2.74 bits per heavy atom. The Morgan fingerprint density at radius 1 is 1.10 bits per heavy atom. The summed E-state index contributed by atoms with van der Waals surface area (Å²) in [5.41, 5.74) is 3.39. The number of aromatic nitrogens is 3. The van der Waals surface area contributed by atoms with Gasteiger partial charge >= 0.3 is 0 Å². The zero-order valence-corrected chi connectivity index (χ0v) is 19.3. The first-order valence-corrected chi connectivity index (χ1v) is 11.6. The Hall–Kier alpha value is -2.84. The summed E-state index contributed by atoms with van der Waals surface area (Å²) in [6, 6.07) is 18.1. The van der Waals surface area contributed by atoms with Crippen LogP contribution in [0.15, 0.2) is 64.2 Å². The van der Waals surface area contributed by atoms with Crippen LogP contribution >= 0.6 is 27.7 Å². The van der Waals surface area contributed by atoms with E-state index in [0.717, 1.165) is 43.6 Å². The molecule has 8 heteroatoms. The number of thioether (sulfide) groups is 1. The van der Waals surface area contributed by atoms with Crippen LogP contribution in [0.3, 0.4) is 0 Å². The molecule has 31 heavy (non-hydrogen) atoms. The van der Waals surface area contributed by atoms with Crippen LogP contribution in [0, 0.1) is 0 Å². The first-order chi connectivity index (χ1) is 15.2. The smallest absolute Gasteiger partial charge is 0.247 e. The first-order valence-electron chi connectivity index (χ1n) is 9.84. The minimum Gasteiger partial charge on any atom is -0.496 e. The summed E-state index contributed by atoms with van der Waals surface area (Å²) < 4.78 is 12.9. The van der Waals surface area contributed by atoms with Gasteiger partial charge in [-0.25, -0.2) is 0 Å². The van der Waals surface area contributed by atoms with Gasteiger partial charge in [-0.2, -0.15) is 4.98 Å². The van der Waals surface area contributed by atoms with E-state index in [9.17, 15) is 0 Å². The van der Waals surface area contributed by atoms with E-state index in [2.05, 4.69) is 49.4 Å². The zero-order chi connectivity index (χ0) is 21.4. The van der Waals surface area contributed by atoms with Crippen LogP contribution < -0.4 is 14.8 Å². The van der Waals surface area contributed by atoms with Crippen LogP contribution in [0.2, 0.25) is 0 Å². The first kappa shape index (κ1) is 20.1. The van der Waals surface area contributed by atoms with Crippen molar-refractivity contribution in [3.05, 3.63) is 64.6 Å². The molecule has 0 radical (unpaired) electrons. The number of hydrogen-bond donors (Lipinski definition) is 1. The highest BCUT2D eigenvalue weighted by Crippen LogP contribution is 2.42. The minimum atomic E-state index is -0.465. The number of methoxy groups -OCH3 is 1. The second kappa shape index (κ2) is 8.36. The van der Waals surface area contributed by atoms with Crippen LogP contribution in [0.4, 0.5) is 5.69 Å². The van der Waals surface area contributed by atoms with Crippen LogP contribution in [0.1, 0.15) is 18.7 Å². The molecule has 3 aromatic carbocycles. The lowest BCUT2D eigenvalue weighted by Gasteiger charge is -2.21. The number of fused-ring (bicyclic) bond motifs is 4. The van der Waals surface area contributed by atoms with Crippen molar-refractivity contribution in [3.63, 3.8) is 0 Å². The molecule has 0 fully saturated rings. The van der Waals surface area contributed by atoms with Gasteiger partial charge in [-0.3, -0.25) is 0 Å². The van der Waals surface area contributed by atoms with Crippen LogP contribution in [-0.2, 0) is 0 Å². The van der Waals surface area contributed by atoms with Gasteiger partial charge < -0.3 is 14.8 Å². The standard InChI is InChI=1S/C23H19BrN4O2S/c1-3-31-23-26-22-20(27-28-23)17-12-13(24)8-10-18(17)25-21(30-22)16-9-11-19(29-2)15-7-5-4-6-14(15)16/h4-12,21,25H,3H2,1-2H3/t21-/m1/s1. The number of anilines is 1. The lowest BCUT2D eigenvalue weighted by molar-refractivity contribution is 0.226. The summed E-state index contributed by atoms with van der Waals surface area (Å²) in [5.74, 6) is 2.14. The highest BCUT2D eigenvalue weighted by molar-refractivity contribution is 9.10. The molecule has 0 saturated carbocycles. The number of nitrogens with zero attached hydrogens (tertiary/aromatic N) is 3. The number of rotatable bonds is 4. The molecule has 0 unspecified atom stereocenters. The lowest BCUT2D eigenvalue weighted by Crippen LogP contribution is -2.17. The fraction of sp³-hybridized carbons (Fsp3) is 0.174. The number of hydrogen-bond acceptors (Lipinski definition) is 7. The van der Waals surface area contributed by atoms with Gasteiger partial charge in [0.25, 0.3) is 0 Å². The van der Waals surface area contributed by atoms with E-state index >= 15 is 0 Å². The highest BCUT2D eigenvalue weighted by Gasteiger charge is 2.27. The monoisotopic (exact) mass is 494 g/mol. The van der Waals surface area contributed by atoms with Crippen molar-refractivity contribution in [1.82, 2.24) is 15.2 Å². The number of halogens is 1. The third-order valence-electron chi connectivity index (χ3n) is 5.08. The Bertz CT molecular complexity index is 1280. The largest absolute Gasteiger partial charge is 0.496 e. The normalized spacial score (nSPS) is 14.7. The predicted octanol–water partition coefficient (Wildman–Crippen LogP) is 6.08. The van der Waals surface area contributed by atoms with Gasteiger partial charge in [0.2, 0.25) is 11.0 Å². The van der Waals surface area contributed by atoms with Gasteiger partial charge in [0.05, 0.1) is 7.11 Å². The third-order valence-corrected chi connectivity index (χ3v) is 6.29. The molecule has 0 aliphatic carbocycles. The molecular formula is C23H19BrN4O2S. The van der Waals surface area contributed by atoms with Crippen molar-refractivity contribution in [1.29, 1.82) is 0 Å². The minimum absolute atomic E-state index is 0.459. The van der Waals surface area contributed by atoms with E-state index in [1.165, 1.54) is 11.8 Å². The molecule has 0 amide bonds. The van der Waals surface area contributed by atoms with Gasteiger partial charge in [0, 0.05) is 26.7 Å². The maximum atomic E-state index is 6.44. The SMILES string of the molecule is CCSc1nnc2c(n1)O[C@H](c1ccc(OC)c3ccccc13)Nc1ccc(Br)cc1-2. The molecule has 0 saturated heterocycles. The molecule has 2 heterocycles. The van der Waals surface area contributed by atoms with Crippen LogP contribution in [0.25, 0.3) is 22.0 Å². The highest BCUT2D eigenvalue weighted by atomic mass is 79.9. The molecule has 4 aromatic rings.